The van der Waals surface area contributed by atoms with Crippen LogP contribution in [0.1, 0.15) is 160 Å². The van der Waals surface area contributed by atoms with Gasteiger partial charge in [0.2, 0.25) is 0 Å². The molecule has 0 radical (unpaired) electrons. The van der Waals surface area contributed by atoms with Gasteiger partial charge in [-0.15, -0.1) is 0 Å². The van der Waals surface area contributed by atoms with Gasteiger partial charge in [-0.25, -0.2) is 4.79 Å². The third-order valence-corrected chi connectivity index (χ3v) is 14.7. The van der Waals surface area contributed by atoms with Gasteiger partial charge in [0.25, 0.3) is 0 Å². The predicted molar refractivity (Wildman–Crippen MR) is 194 cm³/mol. The second-order valence-corrected chi connectivity index (χ2v) is 17.5. The van der Waals surface area contributed by atoms with Crippen molar-refractivity contribution in [2.24, 2.45) is 40.4 Å². The van der Waals surface area contributed by atoms with Crippen molar-refractivity contribution < 1.29 is 24.5 Å². The van der Waals surface area contributed by atoms with E-state index >= 15 is 0 Å². The number of aromatic hydroxyl groups is 2. The molecule has 5 nitrogen and oxygen atoms in total. The molecule has 8 unspecified atom stereocenters. The molecule has 0 heterocycles. The molecule has 5 aliphatic rings. The first-order valence-electron chi connectivity index (χ1n) is 19.5. The Morgan fingerprint density at radius 1 is 0.980 bits per heavy atom. The molecule has 0 amide bonds. The van der Waals surface area contributed by atoms with Crippen LogP contribution in [0.4, 0.5) is 0 Å². The average molecular weight is 667 g/mol. The van der Waals surface area contributed by atoms with Crippen LogP contribution in [0.2, 0.25) is 0 Å². The molecular formula is C44H58O5. The zero-order chi connectivity index (χ0) is 34.7. The van der Waals surface area contributed by atoms with Crippen molar-refractivity contribution in [1.29, 1.82) is 0 Å². The molecule has 7 rings (SSSR count). The number of phenols is 2. The largest absolute Gasteiger partial charge is 0.504 e. The summed E-state index contributed by atoms with van der Waals surface area (Å²) in [7, 11) is 0. The van der Waals surface area contributed by atoms with Crippen LogP contribution in [0, 0.1) is 47.3 Å². The molecule has 3 saturated carbocycles. The van der Waals surface area contributed by atoms with Crippen molar-refractivity contribution in [1.82, 2.24) is 0 Å². The normalized spacial score (nSPS) is 33.3. The molecule has 49 heavy (non-hydrogen) atoms. The van der Waals surface area contributed by atoms with E-state index in [1.54, 1.807) is 12.5 Å². The van der Waals surface area contributed by atoms with Crippen molar-refractivity contribution in [3.8, 4) is 11.5 Å². The fourth-order valence-electron chi connectivity index (χ4n) is 11.9. The number of allylic oxidation sites excluding steroid dienone is 1. The number of fused-ring (bicyclic) bond motifs is 6. The van der Waals surface area contributed by atoms with Gasteiger partial charge in [0.1, 0.15) is 6.10 Å². The first-order valence-corrected chi connectivity index (χ1v) is 19.5. The van der Waals surface area contributed by atoms with Crippen LogP contribution in [-0.2, 0) is 11.2 Å². The summed E-state index contributed by atoms with van der Waals surface area (Å²) < 4.78 is 6.19. The number of hydrogen-bond donors (Lipinski definition) is 2. The van der Waals surface area contributed by atoms with Crippen LogP contribution in [0.15, 0.2) is 35.9 Å². The number of benzene rings is 2. The molecule has 0 bridgehead atoms. The standard InChI is InChI=1S/C44H58O5/c1-26(2)8-6-7-9-30-15-19-37-35-16-14-31-24-32(20-22-44(31,5)38(35)21-23-43(30,37)4)49-42(48)29-12-10-28(11-13-29)33-17-18-34-36(25-45)41(47)40(46)27(3)39(33)34/h10-14,25-26,30,32-33,35,37-38,46-47H,6-9,15-24H2,1-5H3. The van der Waals surface area contributed by atoms with Gasteiger partial charge >= 0.3 is 5.97 Å². The topological polar surface area (TPSA) is 83.8 Å². The van der Waals surface area contributed by atoms with Crippen molar-refractivity contribution >= 4 is 12.3 Å². The lowest BCUT2D eigenvalue weighted by Crippen LogP contribution is -2.50. The van der Waals surface area contributed by atoms with Crippen LogP contribution in [0.5, 0.6) is 11.5 Å². The Morgan fingerprint density at radius 3 is 2.49 bits per heavy atom. The van der Waals surface area contributed by atoms with E-state index in [2.05, 4.69) is 33.8 Å². The van der Waals surface area contributed by atoms with Crippen molar-refractivity contribution in [2.75, 3.05) is 0 Å². The molecule has 3 fully saturated rings. The maximum atomic E-state index is 13.4. The molecule has 264 valence electrons. The number of phenolic OH excluding ortho intramolecular Hbond substituents is 2. The zero-order valence-electron chi connectivity index (χ0n) is 30.5. The second-order valence-electron chi connectivity index (χ2n) is 17.5. The van der Waals surface area contributed by atoms with Crippen molar-refractivity contribution in [3.63, 3.8) is 0 Å². The first kappa shape index (κ1) is 34.4. The first-order chi connectivity index (χ1) is 23.5. The number of esters is 1. The number of unbranched alkanes of at least 4 members (excludes halogenated alkanes) is 1. The van der Waals surface area contributed by atoms with E-state index < -0.39 is 0 Å². The Bertz CT molecular complexity index is 1620. The number of rotatable bonds is 9. The lowest BCUT2D eigenvalue weighted by molar-refractivity contribution is -0.0536. The SMILES string of the molecule is Cc1c(O)c(O)c(C=O)c2c1C(c1ccc(C(=O)OC3CCC4(C)C(=CCC5C4CCC4(C)C(CCCCC(C)C)CCC54)C3)cc1)CC2. The zero-order valence-corrected chi connectivity index (χ0v) is 30.5. The van der Waals surface area contributed by atoms with Crippen LogP contribution in [-0.4, -0.2) is 28.6 Å². The quantitative estimate of drug-likeness (QED) is 0.0915. The van der Waals surface area contributed by atoms with Crippen LogP contribution < -0.4 is 0 Å². The minimum absolute atomic E-state index is 0.00848. The highest BCUT2D eigenvalue weighted by Gasteiger charge is 2.58. The molecule has 2 N–H and O–H groups in total. The molecule has 0 saturated heterocycles. The van der Waals surface area contributed by atoms with Crippen LogP contribution >= 0.6 is 0 Å². The van der Waals surface area contributed by atoms with E-state index in [1.165, 1.54) is 57.8 Å². The number of carbonyl (C=O) groups is 2. The third-order valence-electron chi connectivity index (χ3n) is 14.7. The van der Waals surface area contributed by atoms with Crippen molar-refractivity contribution in [2.45, 2.75) is 137 Å². The van der Waals surface area contributed by atoms with E-state index in [0.717, 1.165) is 72.0 Å². The summed E-state index contributed by atoms with van der Waals surface area (Å²) >= 11 is 0. The summed E-state index contributed by atoms with van der Waals surface area (Å²) in [6, 6.07) is 7.64. The van der Waals surface area contributed by atoms with Crippen LogP contribution in [0.3, 0.4) is 0 Å². The summed E-state index contributed by atoms with van der Waals surface area (Å²) in [4.78, 5) is 25.1. The molecule has 8 atom stereocenters. The lowest BCUT2D eigenvalue weighted by atomic mass is 9.47. The van der Waals surface area contributed by atoms with Gasteiger partial charge in [0, 0.05) is 12.3 Å². The van der Waals surface area contributed by atoms with Gasteiger partial charge in [0.15, 0.2) is 17.8 Å². The smallest absolute Gasteiger partial charge is 0.338 e. The van der Waals surface area contributed by atoms with Crippen LogP contribution in [0.25, 0.3) is 0 Å². The highest BCUT2D eigenvalue weighted by atomic mass is 16.5. The predicted octanol–water partition coefficient (Wildman–Crippen LogP) is 10.6. The molecule has 0 aliphatic heterocycles. The maximum absolute atomic E-state index is 13.4. The highest BCUT2D eigenvalue weighted by Crippen LogP contribution is 2.67. The minimum Gasteiger partial charge on any atom is -0.504 e. The molecule has 0 spiro atoms. The van der Waals surface area contributed by atoms with E-state index in [9.17, 15) is 19.8 Å². The maximum Gasteiger partial charge on any atom is 0.338 e. The van der Waals surface area contributed by atoms with Gasteiger partial charge in [-0.05, 0) is 146 Å². The fraction of sp³-hybridized carbons (Fsp3) is 0.636. The molecule has 5 heteroatoms. The van der Waals surface area contributed by atoms with Gasteiger partial charge in [0.05, 0.1) is 11.1 Å². The molecular weight excluding hydrogens is 608 g/mol. The van der Waals surface area contributed by atoms with Gasteiger partial charge in [-0.3, -0.25) is 4.79 Å². The van der Waals surface area contributed by atoms with Gasteiger partial charge < -0.3 is 14.9 Å². The number of carbonyl (C=O) groups excluding carboxylic acids is 2. The summed E-state index contributed by atoms with van der Waals surface area (Å²) in [5, 5.41) is 20.8. The van der Waals surface area contributed by atoms with Gasteiger partial charge in [-0.2, -0.15) is 0 Å². The Hall–Kier alpha value is -3.08. The molecule has 2 aromatic carbocycles. The summed E-state index contributed by atoms with van der Waals surface area (Å²) in [6.45, 7) is 11.7. The Balaban J connectivity index is 0.988. The second kappa shape index (κ2) is 13.2. The summed E-state index contributed by atoms with van der Waals surface area (Å²) in [5.74, 6) is 3.32. The summed E-state index contributed by atoms with van der Waals surface area (Å²) in [5.41, 5.74) is 6.39. The molecule has 2 aromatic rings. The van der Waals surface area contributed by atoms with E-state index in [-0.39, 0.29) is 40.5 Å². The third kappa shape index (κ3) is 5.85. The summed E-state index contributed by atoms with van der Waals surface area (Å²) in [6.07, 6.45) is 19.8. The fourth-order valence-corrected chi connectivity index (χ4v) is 11.9. The highest BCUT2D eigenvalue weighted by molar-refractivity contribution is 5.89. The lowest BCUT2D eigenvalue weighted by Gasteiger charge is -2.58. The molecule has 5 aliphatic carbocycles. The Labute approximate surface area is 293 Å². The number of aldehydes is 1. The molecule has 0 aromatic heterocycles. The monoisotopic (exact) mass is 666 g/mol. The van der Waals surface area contributed by atoms with E-state index in [1.807, 2.05) is 24.3 Å². The minimum atomic E-state index is -0.330. The van der Waals surface area contributed by atoms with Gasteiger partial charge in [-0.1, -0.05) is 70.7 Å². The van der Waals surface area contributed by atoms with E-state index in [4.69, 9.17) is 4.74 Å². The average Bonchev–Trinajstić information content (AvgIpc) is 3.67. The number of ether oxygens (including phenoxy) is 1. The van der Waals surface area contributed by atoms with E-state index in [0.29, 0.717) is 29.2 Å². The Kier molecular flexibility index (Phi) is 9.28. The number of hydrogen-bond acceptors (Lipinski definition) is 5. The van der Waals surface area contributed by atoms with Crippen molar-refractivity contribution in [3.05, 3.63) is 69.3 Å². The Morgan fingerprint density at radius 2 is 1.76 bits per heavy atom.